The number of amides is 2. The minimum absolute atomic E-state index is 0.00430. The first-order valence-electron chi connectivity index (χ1n) is 16.4. The molecule has 12 heteroatoms. The van der Waals surface area contributed by atoms with Gasteiger partial charge in [-0.05, 0) is 69.2 Å². The Kier molecular flexibility index (Phi) is 10.1. The number of nitrogens with zero attached hydrogens (tertiary/aromatic N) is 3. The molecule has 0 spiro atoms. The molecule has 2 aromatic carbocycles. The Bertz CT molecular complexity index is 1660. The third-order valence-electron chi connectivity index (χ3n) is 10.2. The average molecular weight is 688 g/mol. The van der Waals surface area contributed by atoms with Crippen LogP contribution in [0.15, 0.2) is 42.6 Å². The SMILES string of the molecule is CC1C[C@H](F)CN1[C@H]1C[C@@H](CO[C@H]2CC[C@H](C(=O)O)CC2)N(C(=O)Cc2cc(Cl)c(NC(=O)c3cn(C)c4ccccc34)cc2Cl)C1. The highest BCUT2D eigenvalue weighted by molar-refractivity contribution is 6.36. The maximum atomic E-state index is 14.3. The number of aliphatic carboxylic acids is 1. The molecule has 2 amide bonds. The lowest BCUT2D eigenvalue weighted by Crippen LogP contribution is -2.42. The molecule has 1 aliphatic carbocycles. The van der Waals surface area contributed by atoms with E-state index in [0.29, 0.717) is 80.1 Å². The number of carboxylic acid groups (broad SMARTS) is 1. The topological polar surface area (TPSA) is 104 Å². The van der Waals surface area contributed by atoms with E-state index in [-0.39, 0.29) is 53.4 Å². The molecule has 3 aromatic rings. The van der Waals surface area contributed by atoms with Gasteiger partial charge in [-0.15, -0.1) is 0 Å². The lowest BCUT2D eigenvalue weighted by Gasteiger charge is -2.30. The van der Waals surface area contributed by atoms with Crippen LogP contribution in [-0.4, -0.2) is 87.4 Å². The highest BCUT2D eigenvalue weighted by atomic mass is 35.5. The predicted octanol–water partition coefficient (Wildman–Crippen LogP) is 6.34. The molecule has 0 bridgehead atoms. The highest BCUT2D eigenvalue weighted by Crippen LogP contribution is 2.34. The number of anilines is 1. The summed E-state index contributed by atoms with van der Waals surface area (Å²) in [6, 6.07) is 10.7. The maximum absolute atomic E-state index is 14.3. The zero-order valence-corrected chi connectivity index (χ0v) is 28.1. The number of aromatic nitrogens is 1. The number of ether oxygens (including phenoxy) is 1. The van der Waals surface area contributed by atoms with E-state index in [1.165, 1.54) is 0 Å². The van der Waals surface area contributed by atoms with Crippen molar-refractivity contribution in [3.8, 4) is 0 Å². The lowest BCUT2D eigenvalue weighted by atomic mass is 9.87. The molecule has 1 saturated carbocycles. The minimum atomic E-state index is -0.880. The number of carbonyl (C=O) groups is 3. The molecule has 2 N–H and O–H groups in total. The van der Waals surface area contributed by atoms with Gasteiger partial charge in [0.2, 0.25) is 5.91 Å². The molecule has 2 aliphatic heterocycles. The Morgan fingerprint density at radius 3 is 2.49 bits per heavy atom. The number of fused-ring (bicyclic) bond motifs is 1. The summed E-state index contributed by atoms with van der Waals surface area (Å²) in [4.78, 5) is 42.5. The Balaban J connectivity index is 1.14. The fourth-order valence-corrected chi connectivity index (χ4v) is 8.08. The van der Waals surface area contributed by atoms with Crippen molar-refractivity contribution in [3.63, 3.8) is 0 Å². The van der Waals surface area contributed by atoms with Gasteiger partial charge in [0, 0.05) is 54.3 Å². The number of benzene rings is 2. The number of hydrogen-bond acceptors (Lipinski definition) is 5. The summed E-state index contributed by atoms with van der Waals surface area (Å²) in [5.41, 5.74) is 2.32. The molecule has 3 aliphatic rings. The summed E-state index contributed by atoms with van der Waals surface area (Å²) in [7, 11) is 1.88. The van der Waals surface area contributed by atoms with E-state index < -0.39 is 12.1 Å². The van der Waals surface area contributed by atoms with E-state index in [0.717, 1.165) is 10.9 Å². The zero-order valence-electron chi connectivity index (χ0n) is 26.6. The van der Waals surface area contributed by atoms with Crippen LogP contribution in [0.2, 0.25) is 10.0 Å². The second kappa shape index (κ2) is 14.1. The van der Waals surface area contributed by atoms with Crippen molar-refractivity contribution >= 4 is 57.6 Å². The summed E-state index contributed by atoms with van der Waals surface area (Å²) in [6.45, 7) is 3.17. The maximum Gasteiger partial charge on any atom is 0.306 e. The number of alkyl halides is 1. The summed E-state index contributed by atoms with van der Waals surface area (Å²) in [5.74, 6) is -1.55. The Labute approximate surface area is 283 Å². The fourth-order valence-electron chi connectivity index (χ4n) is 7.61. The van der Waals surface area contributed by atoms with Crippen LogP contribution in [0.5, 0.6) is 0 Å². The van der Waals surface area contributed by atoms with Crippen LogP contribution in [0, 0.1) is 5.92 Å². The van der Waals surface area contributed by atoms with Crippen molar-refractivity contribution in [2.24, 2.45) is 13.0 Å². The molecule has 3 heterocycles. The number of nitrogens with one attached hydrogen (secondary N) is 1. The Morgan fingerprint density at radius 1 is 1.04 bits per heavy atom. The van der Waals surface area contributed by atoms with Crippen molar-refractivity contribution in [1.29, 1.82) is 0 Å². The number of para-hydroxylation sites is 1. The number of hydrogen-bond donors (Lipinski definition) is 2. The molecule has 9 nitrogen and oxygen atoms in total. The third-order valence-corrected chi connectivity index (χ3v) is 10.8. The zero-order chi connectivity index (χ0) is 33.4. The number of carbonyl (C=O) groups excluding carboxylic acids is 2. The highest BCUT2D eigenvalue weighted by Gasteiger charge is 2.43. The summed E-state index contributed by atoms with van der Waals surface area (Å²) in [5, 5.41) is 13.6. The predicted molar refractivity (Wildman–Crippen MR) is 180 cm³/mol. The van der Waals surface area contributed by atoms with Crippen LogP contribution in [0.3, 0.4) is 0 Å². The van der Waals surface area contributed by atoms with Gasteiger partial charge in [0.25, 0.3) is 5.91 Å². The van der Waals surface area contributed by atoms with Gasteiger partial charge in [-0.3, -0.25) is 19.3 Å². The molecule has 252 valence electrons. The number of rotatable bonds is 9. The fraction of sp³-hybridized carbons (Fsp3) is 0.514. The minimum Gasteiger partial charge on any atom is -0.481 e. The molecule has 4 atom stereocenters. The van der Waals surface area contributed by atoms with E-state index in [4.69, 9.17) is 27.9 Å². The van der Waals surface area contributed by atoms with Crippen LogP contribution in [0.1, 0.15) is 61.4 Å². The Morgan fingerprint density at radius 2 is 1.79 bits per heavy atom. The van der Waals surface area contributed by atoms with E-state index in [9.17, 15) is 23.9 Å². The summed E-state index contributed by atoms with van der Waals surface area (Å²) in [6.07, 6.45) is 4.50. The van der Waals surface area contributed by atoms with Crippen molar-refractivity contribution in [2.75, 3.05) is 25.0 Å². The first kappa shape index (κ1) is 33.7. The van der Waals surface area contributed by atoms with E-state index >= 15 is 0 Å². The standard InChI is InChI=1S/C35H41Cl2FN4O5/c1-20-11-23(38)16-41(20)24-14-25(19-47-26-9-7-21(8-10-26)35(45)46)42(17-24)33(43)13-22-12-30(37)31(15-29(22)36)39-34(44)28-18-40(2)32-6-4-3-5-27(28)32/h3-6,12,15,18,20-21,23-26H,7-11,13-14,16-17,19H2,1-2H3,(H,39,44)(H,45,46)/t20?,21-,23-,24-,25-,26-/m0/s1. The number of carboxylic acids is 1. The molecular weight excluding hydrogens is 646 g/mol. The van der Waals surface area contributed by atoms with Gasteiger partial charge in [0.05, 0.1) is 47.4 Å². The molecular formula is C35H41Cl2FN4O5. The molecule has 6 rings (SSSR count). The van der Waals surface area contributed by atoms with Crippen molar-refractivity contribution in [1.82, 2.24) is 14.4 Å². The summed E-state index contributed by atoms with van der Waals surface area (Å²) < 4.78 is 22.5. The van der Waals surface area contributed by atoms with Gasteiger partial charge in [0.15, 0.2) is 0 Å². The largest absolute Gasteiger partial charge is 0.481 e. The van der Waals surface area contributed by atoms with E-state index in [1.54, 1.807) is 18.3 Å². The van der Waals surface area contributed by atoms with Gasteiger partial charge in [-0.1, -0.05) is 41.4 Å². The quantitative estimate of drug-likeness (QED) is 0.272. The molecule has 1 unspecified atom stereocenters. The van der Waals surface area contributed by atoms with Gasteiger partial charge in [-0.25, -0.2) is 4.39 Å². The third kappa shape index (κ3) is 7.31. The molecule has 3 fully saturated rings. The first-order valence-corrected chi connectivity index (χ1v) is 17.1. The van der Waals surface area contributed by atoms with Crippen LogP contribution >= 0.6 is 23.2 Å². The molecule has 0 radical (unpaired) electrons. The lowest BCUT2D eigenvalue weighted by molar-refractivity contribution is -0.144. The first-order chi connectivity index (χ1) is 22.5. The monoisotopic (exact) mass is 686 g/mol. The molecule has 2 saturated heterocycles. The van der Waals surface area contributed by atoms with Crippen molar-refractivity contribution in [3.05, 3.63) is 63.8 Å². The Hall–Kier alpha value is -3.18. The van der Waals surface area contributed by atoms with Crippen LogP contribution in [-0.2, 0) is 27.8 Å². The molecule has 47 heavy (non-hydrogen) atoms. The number of halogens is 3. The molecule has 1 aromatic heterocycles. The van der Waals surface area contributed by atoms with Crippen LogP contribution < -0.4 is 5.32 Å². The van der Waals surface area contributed by atoms with Gasteiger partial charge >= 0.3 is 5.97 Å². The smallest absolute Gasteiger partial charge is 0.306 e. The van der Waals surface area contributed by atoms with Gasteiger partial charge in [-0.2, -0.15) is 0 Å². The summed E-state index contributed by atoms with van der Waals surface area (Å²) >= 11 is 13.3. The van der Waals surface area contributed by atoms with Crippen molar-refractivity contribution in [2.45, 2.75) is 82.3 Å². The van der Waals surface area contributed by atoms with Crippen LogP contribution in [0.25, 0.3) is 10.9 Å². The second-order valence-electron chi connectivity index (χ2n) is 13.3. The van der Waals surface area contributed by atoms with Crippen molar-refractivity contribution < 1.29 is 28.6 Å². The van der Waals surface area contributed by atoms with Crippen LogP contribution in [0.4, 0.5) is 10.1 Å². The van der Waals surface area contributed by atoms with E-state index in [1.807, 2.05) is 47.7 Å². The second-order valence-corrected chi connectivity index (χ2v) is 14.2. The van der Waals surface area contributed by atoms with Gasteiger partial charge < -0.3 is 24.6 Å². The normalized spacial score (nSPS) is 26.6. The van der Waals surface area contributed by atoms with E-state index in [2.05, 4.69) is 10.2 Å². The number of aryl methyl sites for hydroxylation is 1. The average Bonchev–Trinajstić information content (AvgIpc) is 3.73. The van der Waals surface area contributed by atoms with Gasteiger partial charge in [0.1, 0.15) is 6.17 Å². The number of likely N-dealkylation sites (tertiary alicyclic amines) is 2.